The highest BCUT2D eigenvalue weighted by atomic mass is 16.5. The van der Waals surface area contributed by atoms with Crippen LogP contribution in [0.1, 0.15) is 19.3 Å². The Morgan fingerprint density at radius 2 is 2.27 bits per heavy atom. The van der Waals surface area contributed by atoms with E-state index in [9.17, 15) is 4.79 Å². The van der Waals surface area contributed by atoms with Crippen molar-refractivity contribution in [1.82, 2.24) is 9.55 Å². The molecule has 2 rings (SSSR count). The summed E-state index contributed by atoms with van der Waals surface area (Å²) in [5.41, 5.74) is -0.347. The van der Waals surface area contributed by atoms with Gasteiger partial charge in [0.2, 0.25) is 0 Å². The molecule has 82 valence electrons. The lowest BCUT2D eigenvalue weighted by Gasteiger charge is -2.37. The molecule has 0 radical (unpaired) electrons. The zero-order valence-corrected chi connectivity index (χ0v) is 8.43. The Morgan fingerprint density at radius 3 is 2.80 bits per heavy atom. The maximum atomic E-state index is 10.9. The molecule has 0 aromatic carbocycles. The average molecular weight is 210 g/mol. The minimum atomic E-state index is -0.773. The van der Waals surface area contributed by atoms with E-state index >= 15 is 0 Å². The van der Waals surface area contributed by atoms with Crippen LogP contribution < -0.4 is 0 Å². The van der Waals surface area contributed by atoms with Crippen molar-refractivity contribution in [1.29, 1.82) is 0 Å². The van der Waals surface area contributed by atoms with Gasteiger partial charge in [0.05, 0.1) is 18.3 Å². The molecule has 0 unspecified atom stereocenters. The molecule has 1 aliphatic rings. The van der Waals surface area contributed by atoms with Crippen LogP contribution in [0.15, 0.2) is 18.7 Å². The van der Waals surface area contributed by atoms with Gasteiger partial charge >= 0.3 is 5.97 Å². The van der Waals surface area contributed by atoms with Gasteiger partial charge in [-0.05, 0) is 12.8 Å². The number of imidazole rings is 1. The molecular weight excluding hydrogens is 196 g/mol. The lowest BCUT2D eigenvalue weighted by molar-refractivity contribution is -0.140. The summed E-state index contributed by atoms with van der Waals surface area (Å²) in [6.07, 6.45) is 6.79. The van der Waals surface area contributed by atoms with Crippen molar-refractivity contribution in [2.24, 2.45) is 0 Å². The van der Waals surface area contributed by atoms with Crippen molar-refractivity contribution >= 4 is 5.97 Å². The van der Waals surface area contributed by atoms with Crippen LogP contribution in [0, 0.1) is 0 Å². The predicted octanol–water partition coefficient (Wildman–Crippen LogP) is 0.863. The molecule has 0 bridgehead atoms. The zero-order valence-electron chi connectivity index (χ0n) is 8.43. The summed E-state index contributed by atoms with van der Waals surface area (Å²) in [6, 6.07) is 0. The Balaban J connectivity index is 2.25. The van der Waals surface area contributed by atoms with Crippen LogP contribution in [0.4, 0.5) is 0 Å². The van der Waals surface area contributed by atoms with Crippen molar-refractivity contribution in [3.05, 3.63) is 18.7 Å². The van der Waals surface area contributed by atoms with E-state index in [1.807, 2.05) is 10.8 Å². The summed E-state index contributed by atoms with van der Waals surface area (Å²) < 4.78 is 7.18. The maximum absolute atomic E-state index is 10.9. The van der Waals surface area contributed by atoms with Crippen LogP contribution in [0.25, 0.3) is 0 Å². The summed E-state index contributed by atoms with van der Waals surface area (Å²) in [5, 5.41) is 8.96. The molecule has 1 fully saturated rings. The van der Waals surface area contributed by atoms with Crippen molar-refractivity contribution in [3.8, 4) is 0 Å². The van der Waals surface area contributed by atoms with Gasteiger partial charge in [0, 0.05) is 25.6 Å². The smallest absolute Gasteiger partial charge is 0.305 e. The molecule has 1 aromatic heterocycles. The number of carboxylic acids is 1. The molecule has 1 aliphatic heterocycles. The second kappa shape index (κ2) is 4.02. The van der Waals surface area contributed by atoms with Gasteiger partial charge in [-0.2, -0.15) is 0 Å². The Kier molecular flexibility index (Phi) is 2.73. The van der Waals surface area contributed by atoms with Gasteiger partial charge in [-0.15, -0.1) is 0 Å². The lowest BCUT2D eigenvalue weighted by atomic mass is 9.86. The molecule has 1 aromatic rings. The molecule has 1 N–H and O–H groups in total. The number of aliphatic carboxylic acids is 1. The number of ether oxygens (including phenoxy) is 1. The average Bonchev–Trinajstić information content (AvgIpc) is 2.71. The molecule has 15 heavy (non-hydrogen) atoms. The highest BCUT2D eigenvalue weighted by Gasteiger charge is 2.36. The van der Waals surface area contributed by atoms with Gasteiger partial charge < -0.3 is 14.4 Å². The third kappa shape index (κ3) is 2.02. The van der Waals surface area contributed by atoms with E-state index in [1.54, 1.807) is 12.5 Å². The Labute approximate surface area is 87.7 Å². The topological polar surface area (TPSA) is 64.3 Å². The molecule has 5 nitrogen and oxygen atoms in total. The normalized spacial score (nSPS) is 20.0. The molecule has 5 heteroatoms. The van der Waals surface area contributed by atoms with Crippen molar-refractivity contribution in [3.63, 3.8) is 0 Å². The first-order valence-electron chi connectivity index (χ1n) is 5.01. The van der Waals surface area contributed by atoms with E-state index in [0.29, 0.717) is 13.2 Å². The third-order valence-electron chi connectivity index (χ3n) is 2.96. The van der Waals surface area contributed by atoms with Crippen molar-refractivity contribution < 1.29 is 14.6 Å². The minimum Gasteiger partial charge on any atom is -0.481 e. The first-order valence-corrected chi connectivity index (χ1v) is 5.01. The first-order chi connectivity index (χ1) is 7.23. The highest BCUT2D eigenvalue weighted by molar-refractivity contribution is 5.68. The van der Waals surface area contributed by atoms with Crippen LogP contribution in [0.2, 0.25) is 0 Å². The summed E-state index contributed by atoms with van der Waals surface area (Å²) in [6.45, 7) is 1.23. The number of hydrogen-bond donors (Lipinski definition) is 1. The van der Waals surface area contributed by atoms with Crippen LogP contribution >= 0.6 is 0 Å². The largest absolute Gasteiger partial charge is 0.481 e. The second-order valence-electron chi connectivity index (χ2n) is 3.88. The fourth-order valence-corrected chi connectivity index (χ4v) is 2.10. The van der Waals surface area contributed by atoms with Gasteiger partial charge in [0.1, 0.15) is 0 Å². The molecule has 0 aliphatic carbocycles. The Morgan fingerprint density at radius 1 is 1.53 bits per heavy atom. The summed E-state index contributed by atoms with van der Waals surface area (Å²) in [4.78, 5) is 14.9. The second-order valence-corrected chi connectivity index (χ2v) is 3.88. The third-order valence-corrected chi connectivity index (χ3v) is 2.96. The Hall–Kier alpha value is -1.36. The van der Waals surface area contributed by atoms with E-state index in [1.165, 1.54) is 0 Å². The minimum absolute atomic E-state index is 0.132. The standard InChI is InChI=1S/C10H14N2O3/c13-9(14)7-10(1-5-15-6-2-10)12-4-3-11-8-12/h3-4,8H,1-2,5-7H2,(H,13,14). The van der Waals surface area contributed by atoms with E-state index < -0.39 is 5.97 Å². The molecule has 0 saturated carbocycles. The molecule has 0 spiro atoms. The summed E-state index contributed by atoms with van der Waals surface area (Å²) in [7, 11) is 0. The lowest BCUT2D eigenvalue weighted by Crippen LogP contribution is -2.40. The van der Waals surface area contributed by atoms with Crippen LogP contribution in [0.5, 0.6) is 0 Å². The Bertz CT molecular complexity index is 328. The number of hydrogen-bond acceptors (Lipinski definition) is 3. The van der Waals surface area contributed by atoms with E-state index in [0.717, 1.165) is 12.8 Å². The molecule has 2 heterocycles. The number of nitrogens with zero attached hydrogens (tertiary/aromatic N) is 2. The highest BCUT2D eigenvalue weighted by Crippen LogP contribution is 2.32. The monoisotopic (exact) mass is 210 g/mol. The van der Waals surface area contributed by atoms with Crippen LogP contribution in [-0.4, -0.2) is 33.8 Å². The van der Waals surface area contributed by atoms with Gasteiger partial charge in [0.25, 0.3) is 0 Å². The number of rotatable bonds is 3. The quantitative estimate of drug-likeness (QED) is 0.803. The maximum Gasteiger partial charge on any atom is 0.305 e. The number of carboxylic acid groups (broad SMARTS) is 1. The summed E-state index contributed by atoms with van der Waals surface area (Å²) in [5.74, 6) is -0.773. The van der Waals surface area contributed by atoms with Crippen molar-refractivity contribution in [2.75, 3.05) is 13.2 Å². The first kappa shape index (κ1) is 10.2. The fourth-order valence-electron chi connectivity index (χ4n) is 2.10. The molecular formula is C10H14N2O3. The fraction of sp³-hybridized carbons (Fsp3) is 0.600. The number of carbonyl (C=O) groups is 1. The van der Waals surface area contributed by atoms with Gasteiger partial charge in [-0.3, -0.25) is 4.79 Å². The number of aromatic nitrogens is 2. The summed E-state index contributed by atoms with van der Waals surface area (Å²) >= 11 is 0. The van der Waals surface area contributed by atoms with E-state index in [4.69, 9.17) is 9.84 Å². The van der Waals surface area contributed by atoms with Crippen LogP contribution in [-0.2, 0) is 15.1 Å². The van der Waals surface area contributed by atoms with Gasteiger partial charge in [-0.1, -0.05) is 0 Å². The van der Waals surface area contributed by atoms with Gasteiger partial charge in [-0.25, -0.2) is 4.98 Å². The van der Waals surface area contributed by atoms with E-state index in [-0.39, 0.29) is 12.0 Å². The SMILES string of the molecule is O=C(O)CC1(n2ccnc2)CCOCC1. The molecule has 1 saturated heterocycles. The zero-order chi connectivity index (χ0) is 10.7. The van der Waals surface area contributed by atoms with Crippen molar-refractivity contribution in [2.45, 2.75) is 24.8 Å². The van der Waals surface area contributed by atoms with Crippen LogP contribution in [0.3, 0.4) is 0 Å². The predicted molar refractivity (Wildman–Crippen MR) is 52.5 cm³/mol. The van der Waals surface area contributed by atoms with E-state index in [2.05, 4.69) is 4.98 Å². The molecule has 0 amide bonds. The van der Waals surface area contributed by atoms with Gasteiger partial charge in [0.15, 0.2) is 0 Å². The molecule has 0 atom stereocenters.